The molecule has 2 aromatic carbocycles. The van der Waals surface area contributed by atoms with Crippen molar-refractivity contribution in [1.29, 1.82) is 0 Å². The first kappa shape index (κ1) is 22.3. The van der Waals surface area contributed by atoms with Crippen LogP contribution in [0.1, 0.15) is 12.5 Å². The lowest BCUT2D eigenvalue weighted by Crippen LogP contribution is -2.48. The largest absolute Gasteiger partial charge is 0.495 e. The molecule has 0 saturated heterocycles. The van der Waals surface area contributed by atoms with Crippen LogP contribution in [0, 0.1) is 0 Å². The molecule has 0 aliphatic heterocycles. The summed E-state index contributed by atoms with van der Waals surface area (Å²) in [5.41, 5.74) is 1.08. The van der Waals surface area contributed by atoms with Crippen molar-refractivity contribution in [2.24, 2.45) is 0 Å². The average Bonchev–Trinajstić information content (AvgIpc) is 2.62. The molecule has 0 aliphatic rings. The lowest BCUT2D eigenvalue weighted by Gasteiger charge is -2.32. The van der Waals surface area contributed by atoms with Crippen molar-refractivity contribution in [3.63, 3.8) is 0 Å². The van der Waals surface area contributed by atoms with Crippen LogP contribution < -0.4 is 9.04 Å². The van der Waals surface area contributed by atoms with Crippen LogP contribution in [-0.4, -0.2) is 45.7 Å². The Morgan fingerprint density at radius 2 is 1.68 bits per heavy atom. The Kier molecular flexibility index (Phi) is 7.20. The minimum atomic E-state index is -3.79. The fourth-order valence-corrected chi connectivity index (χ4v) is 4.33. The molecule has 0 aromatic heterocycles. The van der Waals surface area contributed by atoms with Crippen LogP contribution in [0.2, 0.25) is 10.0 Å². The Morgan fingerprint density at radius 1 is 1.11 bits per heavy atom. The molecule has 9 heteroatoms. The van der Waals surface area contributed by atoms with Crippen LogP contribution >= 0.6 is 23.2 Å². The third-order valence-electron chi connectivity index (χ3n) is 4.15. The summed E-state index contributed by atoms with van der Waals surface area (Å²) in [5, 5.41) is 0.931. The molecule has 28 heavy (non-hydrogen) atoms. The van der Waals surface area contributed by atoms with Gasteiger partial charge in [-0.3, -0.25) is 9.10 Å². The molecule has 0 unspecified atom stereocenters. The van der Waals surface area contributed by atoms with Crippen molar-refractivity contribution in [3.8, 4) is 5.75 Å². The summed E-state index contributed by atoms with van der Waals surface area (Å²) in [6, 6.07) is 10.7. The maximum absolute atomic E-state index is 13.0. The SMILES string of the molecule is COc1ccc(Cl)cc1N([C@H](C)C(=O)N(C)Cc1ccc(Cl)cc1)S(C)(=O)=O. The summed E-state index contributed by atoms with van der Waals surface area (Å²) in [5.74, 6) is -0.0720. The number of hydrogen-bond donors (Lipinski definition) is 0. The lowest BCUT2D eigenvalue weighted by atomic mass is 10.2. The Balaban J connectivity index is 2.35. The van der Waals surface area contributed by atoms with Gasteiger partial charge in [0.25, 0.3) is 0 Å². The standard InChI is InChI=1S/C19H22Cl2N2O4S/c1-13(19(24)22(2)12-14-5-7-15(20)8-6-14)23(28(4,25)26)17-11-16(21)9-10-18(17)27-3/h5-11,13H,12H2,1-4H3/t13-/m1/s1. The highest BCUT2D eigenvalue weighted by Crippen LogP contribution is 2.34. The number of halogens is 2. The van der Waals surface area contributed by atoms with Crippen LogP contribution in [0.3, 0.4) is 0 Å². The number of sulfonamides is 1. The predicted octanol–water partition coefficient (Wildman–Crippen LogP) is 3.82. The van der Waals surface area contributed by atoms with Crippen molar-refractivity contribution < 1.29 is 17.9 Å². The van der Waals surface area contributed by atoms with Gasteiger partial charge in [-0.25, -0.2) is 8.42 Å². The molecule has 2 aromatic rings. The molecule has 1 amide bonds. The van der Waals surface area contributed by atoms with E-state index in [0.29, 0.717) is 22.3 Å². The molecular formula is C19H22Cl2N2O4S. The quantitative estimate of drug-likeness (QED) is 0.650. The van der Waals surface area contributed by atoms with E-state index >= 15 is 0 Å². The van der Waals surface area contributed by atoms with E-state index in [2.05, 4.69) is 0 Å². The Morgan fingerprint density at radius 3 is 2.21 bits per heavy atom. The highest BCUT2D eigenvalue weighted by Gasteiger charge is 2.33. The summed E-state index contributed by atoms with van der Waals surface area (Å²) < 4.78 is 31.3. The first-order valence-electron chi connectivity index (χ1n) is 8.37. The zero-order valence-corrected chi connectivity index (χ0v) is 18.3. The van der Waals surface area contributed by atoms with Gasteiger partial charge in [0.05, 0.1) is 19.1 Å². The molecule has 2 rings (SSSR count). The number of carbonyl (C=O) groups excluding carboxylic acids is 1. The molecule has 0 fully saturated rings. The van der Waals surface area contributed by atoms with E-state index in [9.17, 15) is 13.2 Å². The van der Waals surface area contributed by atoms with Gasteiger partial charge in [0.1, 0.15) is 11.8 Å². The highest BCUT2D eigenvalue weighted by molar-refractivity contribution is 7.92. The van der Waals surface area contributed by atoms with Crippen LogP contribution in [0.25, 0.3) is 0 Å². The van der Waals surface area contributed by atoms with Gasteiger partial charge in [-0.05, 0) is 42.8 Å². The smallest absolute Gasteiger partial charge is 0.246 e. The average molecular weight is 445 g/mol. The van der Waals surface area contributed by atoms with Gasteiger partial charge in [0.15, 0.2) is 0 Å². The van der Waals surface area contributed by atoms with Gasteiger partial charge in [-0.2, -0.15) is 0 Å². The molecule has 0 N–H and O–H groups in total. The second-order valence-electron chi connectivity index (χ2n) is 6.37. The van der Waals surface area contributed by atoms with Crippen molar-refractivity contribution in [1.82, 2.24) is 4.90 Å². The molecule has 6 nitrogen and oxygen atoms in total. The maximum atomic E-state index is 13.0. The Hall–Kier alpha value is -1.96. The second-order valence-corrected chi connectivity index (χ2v) is 9.10. The molecule has 0 heterocycles. The summed E-state index contributed by atoms with van der Waals surface area (Å²) in [6.07, 6.45) is 1.04. The highest BCUT2D eigenvalue weighted by atomic mass is 35.5. The minimum Gasteiger partial charge on any atom is -0.495 e. The van der Waals surface area contributed by atoms with Crippen molar-refractivity contribution in [2.45, 2.75) is 19.5 Å². The second kappa shape index (κ2) is 9.03. The predicted molar refractivity (Wildman–Crippen MR) is 113 cm³/mol. The summed E-state index contributed by atoms with van der Waals surface area (Å²) in [7, 11) is -0.757. The number of likely N-dealkylation sites (N-methyl/N-ethyl adjacent to an activating group) is 1. The van der Waals surface area contributed by atoms with E-state index in [0.717, 1.165) is 16.1 Å². The Bertz CT molecular complexity index is 949. The minimum absolute atomic E-state index is 0.207. The third-order valence-corrected chi connectivity index (χ3v) is 5.87. The van der Waals surface area contributed by atoms with Gasteiger partial charge < -0.3 is 9.64 Å². The van der Waals surface area contributed by atoms with Gasteiger partial charge in [-0.1, -0.05) is 35.3 Å². The van der Waals surface area contributed by atoms with E-state index in [-0.39, 0.29) is 11.6 Å². The first-order chi connectivity index (χ1) is 13.0. The third kappa shape index (κ3) is 5.31. The number of nitrogens with zero attached hydrogens (tertiary/aromatic N) is 2. The van der Waals surface area contributed by atoms with Crippen LogP contribution in [0.5, 0.6) is 5.75 Å². The monoisotopic (exact) mass is 444 g/mol. The molecule has 0 bridgehead atoms. The zero-order valence-electron chi connectivity index (χ0n) is 16.0. The fraction of sp³-hybridized carbons (Fsp3) is 0.316. The zero-order chi connectivity index (χ0) is 21.1. The maximum Gasteiger partial charge on any atom is 0.246 e. The summed E-state index contributed by atoms with van der Waals surface area (Å²) in [4.78, 5) is 14.4. The number of anilines is 1. The van der Waals surface area contributed by atoms with E-state index < -0.39 is 16.1 Å². The molecule has 0 radical (unpaired) electrons. The van der Waals surface area contributed by atoms with Crippen molar-refractivity contribution in [3.05, 3.63) is 58.1 Å². The van der Waals surface area contributed by atoms with E-state index in [1.54, 1.807) is 31.3 Å². The van der Waals surface area contributed by atoms with E-state index in [1.165, 1.54) is 25.0 Å². The molecular weight excluding hydrogens is 423 g/mol. The number of benzene rings is 2. The summed E-state index contributed by atoms with van der Waals surface area (Å²) >= 11 is 11.9. The van der Waals surface area contributed by atoms with Crippen LogP contribution in [0.4, 0.5) is 5.69 Å². The lowest BCUT2D eigenvalue weighted by molar-refractivity contribution is -0.131. The van der Waals surface area contributed by atoms with Gasteiger partial charge >= 0.3 is 0 Å². The molecule has 0 aliphatic carbocycles. The number of amides is 1. The molecule has 0 spiro atoms. The number of rotatable bonds is 7. The number of hydrogen-bond acceptors (Lipinski definition) is 4. The number of methoxy groups -OCH3 is 1. The van der Waals surface area contributed by atoms with Crippen LogP contribution in [-0.2, 0) is 21.4 Å². The van der Waals surface area contributed by atoms with Crippen molar-refractivity contribution in [2.75, 3.05) is 24.7 Å². The van der Waals surface area contributed by atoms with Crippen molar-refractivity contribution >= 4 is 44.8 Å². The molecule has 1 atom stereocenters. The van der Waals surface area contributed by atoms with Gasteiger partial charge in [0, 0.05) is 23.6 Å². The van der Waals surface area contributed by atoms with Gasteiger partial charge in [0.2, 0.25) is 15.9 Å². The van der Waals surface area contributed by atoms with Crippen LogP contribution in [0.15, 0.2) is 42.5 Å². The number of carbonyl (C=O) groups is 1. The van der Waals surface area contributed by atoms with Gasteiger partial charge in [-0.15, -0.1) is 0 Å². The Labute approximate surface area is 175 Å². The topological polar surface area (TPSA) is 66.9 Å². The van der Waals surface area contributed by atoms with E-state index in [4.69, 9.17) is 27.9 Å². The first-order valence-corrected chi connectivity index (χ1v) is 11.0. The normalized spacial score (nSPS) is 12.4. The van der Waals surface area contributed by atoms with E-state index in [1.807, 2.05) is 12.1 Å². The number of ether oxygens (including phenoxy) is 1. The summed E-state index contributed by atoms with van der Waals surface area (Å²) in [6.45, 7) is 1.84. The fourth-order valence-electron chi connectivity index (χ4n) is 2.87. The molecule has 0 saturated carbocycles. The molecule has 152 valence electrons.